The van der Waals surface area contributed by atoms with Crippen LogP contribution in [0.5, 0.6) is 0 Å². The molecule has 1 saturated heterocycles. The second-order valence-electron chi connectivity index (χ2n) is 4.98. The van der Waals surface area contributed by atoms with Gasteiger partial charge in [0.15, 0.2) is 0 Å². The van der Waals surface area contributed by atoms with Gasteiger partial charge in [0.2, 0.25) is 0 Å². The molecule has 1 fully saturated rings. The van der Waals surface area contributed by atoms with Gasteiger partial charge < -0.3 is 15.0 Å². The number of halogens is 1. The molecule has 0 spiro atoms. The zero-order chi connectivity index (χ0) is 14.4. The maximum atomic E-state index is 13.0. The molecule has 2 amide bonds. The summed E-state index contributed by atoms with van der Waals surface area (Å²) >= 11 is 0. The molecule has 110 valence electrons. The highest BCUT2D eigenvalue weighted by atomic mass is 19.1. The van der Waals surface area contributed by atoms with Gasteiger partial charge in [-0.2, -0.15) is 0 Å². The molecule has 1 atom stereocenters. The van der Waals surface area contributed by atoms with Crippen LogP contribution in [-0.4, -0.2) is 37.7 Å². The van der Waals surface area contributed by atoms with E-state index in [1.165, 1.54) is 12.1 Å². The monoisotopic (exact) mass is 280 g/mol. The second-order valence-corrected chi connectivity index (χ2v) is 4.98. The molecule has 5 heteroatoms. The van der Waals surface area contributed by atoms with E-state index in [4.69, 9.17) is 4.74 Å². The summed E-state index contributed by atoms with van der Waals surface area (Å²) in [7, 11) is 1.65. The lowest BCUT2D eigenvalue weighted by atomic mass is 10.0. The van der Waals surface area contributed by atoms with Crippen molar-refractivity contribution in [3.05, 3.63) is 35.6 Å². The Labute approximate surface area is 118 Å². The number of rotatable bonds is 5. The molecule has 0 aliphatic carbocycles. The highest BCUT2D eigenvalue weighted by Gasteiger charge is 2.29. The van der Waals surface area contributed by atoms with Gasteiger partial charge in [0, 0.05) is 26.8 Å². The molecule has 0 saturated carbocycles. The lowest BCUT2D eigenvalue weighted by molar-refractivity contribution is 0.182. The molecule has 1 aromatic carbocycles. The Hall–Kier alpha value is -1.62. The van der Waals surface area contributed by atoms with Crippen molar-refractivity contribution in [3.63, 3.8) is 0 Å². The number of ether oxygens (including phenoxy) is 1. The van der Waals surface area contributed by atoms with Crippen molar-refractivity contribution >= 4 is 6.03 Å². The Kier molecular flexibility index (Phi) is 5.35. The lowest BCUT2D eigenvalue weighted by Crippen LogP contribution is -2.40. The average molecular weight is 280 g/mol. The van der Waals surface area contributed by atoms with Crippen molar-refractivity contribution in [2.75, 3.05) is 26.8 Å². The van der Waals surface area contributed by atoms with E-state index in [2.05, 4.69) is 5.32 Å². The van der Waals surface area contributed by atoms with Crippen LogP contribution in [0.25, 0.3) is 0 Å². The third-order valence-electron chi connectivity index (χ3n) is 3.57. The molecule has 1 N–H and O–H groups in total. The number of likely N-dealkylation sites (tertiary alicyclic amines) is 1. The van der Waals surface area contributed by atoms with Crippen molar-refractivity contribution < 1.29 is 13.9 Å². The van der Waals surface area contributed by atoms with Gasteiger partial charge in [-0.05, 0) is 37.0 Å². The molecule has 4 nitrogen and oxygen atoms in total. The van der Waals surface area contributed by atoms with Gasteiger partial charge in [0.25, 0.3) is 0 Å². The molecule has 1 heterocycles. The molecule has 1 aliphatic heterocycles. The van der Waals surface area contributed by atoms with Gasteiger partial charge in [0.05, 0.1) is 6.04 Å². The topological polar surface area (TPSA) is 41.6 Å². The molecular formula is C15H21FN2O2. The molecule has 0 radical (unpaired) electrons. The highest BCUT2D eigenvalue weighted by molar-refractivity contribution is 5.75. The summed E-state index contributed by atoms with van der Waals surface area (Å²) in [4.78, 5) is 14.0. The normalized spacial score (nSPS) is 18.3. The third-order valence-corrected chi connectivity index (χ3v) is 3.57. The van der Waals surface area contributed by atoms with E-state index in [9.17, 15) is 9.18 Å². The van der Waals surface area contributed by atoms with Crippen LogP contribution in [-0.2, 0) is 4.74 Å². The maximum absolute atomic E-state index is 13.0. The Balaban J connectivity index is 1.93. The van der Waals surface area contributed by atoms with Crippen LogP contribution in [0.15, 0.2) is 24.3 Å². The van der Waals surface area contributed by atoms with Crippen LogP contribution in [0, 0.1) is 5.82 Å². The Morgan fingerprint density at radius 1 is 1.45 bits per heavy atom. The fraction of sp³-hybridized carbons (Fsp3) is 0.533. The van der Waals surface area contributed by atoms with Gasteiger partial charge in [-0.3, -0.25) is 0 Å². The summed E-state index contributed by atoms with van der Waals surface area (Å²) in [5.74, 6) is -0.248. The number of urea groups is 1. The summed E-state index contributed by atoms with van der Waals surface area (Å²) in [5, 5.41) is 2.90. The smallest absolute Gasteiger partial charge is 0.317 e. The minimum Gasteiger partial charge on any atom is -0.385 e. The molecule has 0 aromatic heterocycles. The second kappa shape index (κ2) is 7.24. The van der Waals surface area contributed by atoms with Crippen molar-refractivity contribution in [2.45, 2.75) is 25.3 Å². The fourth-order valence-electron chi connectivity index (χ4n) is 2.55. The lowest BCUT2D eigenvalue weighted by Gasteiger charge is -2.25. The van der Waals surface area contributed by atoms with Crippen molar-refractivity contribution in [1.29, 1.82) is 0 Å². The standard InChI is InChI=1S/C15H21FN2O2/c1-20-11-3-9-17-15(19)18-10-2-4-14(18)12-5-7-13(16)8-6-12/h5-8,14H,2-4,9-11H2,1H3,(H,17,19). The van der Waals surface area contributed by atoms with E-state index < -0.39 is 0 Å². The van der Waals surface area contributed by atoms with E-state index in [-0.39, 0.29) is 17.9 Å². The molecule has 2 rings (SSSR count). The number of carbonyl (C=O) groups excluding carboxylic acids is 1. The fourth-order valence-corrected chi connectivity index (χ4v) is 2.55. The quantitative estimate of drug-likeness (QED) is 0.843. The number of nitrogens with zero attached hydrogens (tertiary/aromatic N) is 1. The number of methoxy groups -OCH3 is 1. The largest absolute Gasteiger partial charge is 0.385 e. The number of hydrogen-bond acceptors (Lipinski definition) is 2. The number of hydrogen-bond donors (Lipinski definition) is 1. The minimum atomic E-state index is -0.248. The SMILES string of the molecule is COCCCNC(=O)N1CCCC1c1ccc(F)cc1. The van der Waals surface area contributed by atoms with Gasteiger partial charge >= 0.3 is 6.03 Å². The molecule has 20 heavy (non-hydrogen) atoms. The van der Waals surface area contributed by atoms with Crippen LogP contribution < -0.4 is 5.32 Å². The first kappa shape index (κ1) is 14.8. The first-order valence-electron chi connectivity index (χ1n) is 7.01. The summed E-state index contributed by atoms with van der Waals surface area (Å²) in [6, 6.07) is 6.42. The Morgan fingerprint density at radius 2 is 2.20 bits per heavy atom. The third kappa shape index (κ3) is 3.70. The number of nitrogens with one attached hydrogen (secondary N) is 1. The number of benzene rings is 1. The van der Waals surface area contributed by atoms with Crippen LogP contribution in [0.1, 0.15) is 30.9 Å². The predicted octanol–water partition coefficient (Wildman–Crippen LogP) is 2.71. The molecule has 1 aliphatic rings. The van der Waals surface area contributed by atoms with E-state index in [0.29, 0.717) is 13.2 Å². The zero-order valence-corrected chi connectivity index (χ0v) is 11.8. The van der Waals surface area contributed by atoms with Crippen molar-refractivity contribution in [1.82, 2.24) is 10.2 Å². The maximum Gasteiger partial charge on any atom is 0.317 e. The van der Waals surface area contributed by atoms with Crippen molar-refractivity contribution in [2.24, 2.45) is 0 Å². The highest BCUT2D eigenvalue weighted by Crippen LogP contribution is 2.31. The van der Waals surface area contributed by atoms with Crippen LogP contribution >= 0.6 is 0 Å². The van der Waals surface area contributed by atoms with E-state index in [1.54, 1.807) is 19.2 Å². The predicted molar refractivity (Wildman–Crippen MR) is 75.0 cm³/mol. The van der Waals surface area contributed by atoms with Gasteiger partial charge in [-0.15, -0.1) is 0 Å². The summed E-state index contributed by atoms with van der Waals surface area (Å²) in [5.41, 5.74) is 0.996. The van der Waals surface area contributed by atoms with E-state index in [0.717, 1.165) is 31.4 Å². The van der Waals surface area contributed by atoms with Gasteiger partial charge in [0.1, 0.15) is 5.82 Å². The minimum absolute atomic E-state index is 0.0482. The van der Waals surface area contributed by atoms with Gasteiger partial charge in [-0.1, -0.05) is 12.1 Å². The van der Waals surface area contributed by atoms with E-state index >= 15 is 0 Å². The van der Waals surface area contributed by atoms with E-state index in [1.807, 2.05) is 4.90 Å². The van der Waals surface area contributed by atoms with Crippen LogP contribution in [0.2, 0.25) is 0 Å². The van der Waals surface area contributed by atoms with Gasteiger partial charge in [-0.25, -0.2) is 9.18 Å². The zero-order valence-electron chi connectivity index (χ0n) is 11.8. The Bertz CT molecular complexity index is 436. The number of amides is 2. The van der Waals surface area contributed by atoms with Crippen LogP contribution in [0.4, 0.5) is 9.18 Å². The first-order valence-corrected chi connectivity index (χ1v) is 7.01. The Morgan fingerprint density at radius 3 is 2.90 bits per heavy atom. The first-order chi connectivity index (χ1) is 9.72. The summed E-state index contributed by atoms with van der Waals surface area (Å²) < 4.78 is 17.9. The van der Waals surface area contributed by atoms with Crippen LogP contribution in [0.3, 0.4) is 0 Å². The molecular weight excluding hydrogens is 259 g/mol. The molecule has 0 bridgehead atoms. The van der Waals surface area contributed by atoms with Crippen molar-refractivity contribution in [3.8, 4) is 0 Å². The molecule has 1 unspecified atom stereocenters. The summed E-state index contributed by atoms with van der Waals surface area (Å²) in [6.45, 7) is 2.00. The summed E-state index contributed by atoms with van der Waals surface area (Å²) in [6.07, 6.45) is 2.71. The average Bonchev–Trinajstić information content (AvgIpc) is 2.93. The molecule has 1 aromatic rings. The number of carbonyl (C=O) groups is 1.